The van der Waals surface area contributed by atoms with E-state index >= 15 is 0 Å². The number of methoxy groups -OCH3 is 1. The molecule has 1 aliphatic heterocycles. The molecule has 3 rings (SSSR count). The first-order valence-corrected chi connectivity index (χ1v) is 10.7. The fourth-order valence-electron chi connectivity index (χ4n) is 3.94. The Hall–Kier alpha value is -2.64. The number of hydrogen-bond acceptors (Lipinski definition) is 4. The first-order valence-electron chi connectivity index (χ1n) is 10.3. The summed E-state index contributed by atoms with van der Waals surface area (Å²) in [5.41, 5.74) is 6.46. The zero-order valence-corrected chi connectivity index (χ0v) is 18.3. The van der Waals surface area contributed by atoms with Crippen molar-refractivity contribution < 1.29 is 18.7 Å². The third-order valence-corrected chi connectivity index (χ3v) is 5.96. The van der Waals surface area contributed by atoms with Crippen LogP contribution in [0.3, 0.4) is 0 Å². The fourth-order valence-corrected chi connectivity index (χ4v) is 4.18. The molecule has 0 aliphatic carbocycles. The molecule has 31 heavy (non-hydrogen) atoms. The van der Waals surface area contributed by atoms with Crippen molar-refractivity contribution in [1.82, 2.24) is 4.90 Å². The highest BCUT2D eigenvalue weighted by Crippen LogP contribution is 2.27. The topological polar surface area (TPSA) is 75.9 Å². The first-order chi connectivity index (χ1) is 14.9. The lowest BCUT2D eigenvalue weighted by molar-refractivity contribution is -0.120. The van der Waals surface area contributed by atoms with Crippen LogP contribution in [0.25, 0.3) is 0 Å². The molecule has 0 bridgehead atoms. The van der Waals surface area contributed by atoms with Gasteiger partial charge in [-0.2, -0.15) is 0 Å². The number of likely N-dealkylation sites (tertiary alicyclic amines) is 1. The number of carbonyl (C=O) groups excluding carboxylic acids is 2. The number of carbonyl (C=O) groups is 2. The molecule has 1 unspecified atom stereocenters. The molecule has 0 spiro atoms. The Morgan fingerprint density at radius 3 is 2.65 bits per heavy atom. The fraction of sp³-hybridized carbons (Fsp3) is 0.391. The molecule has 8 heteroatoms. The summed E-state index contributed by atoms with van der Waals surface area (Å²) in [6.45, 7) is 1.11. The van der Waals surface area contributed by atoms with E-state index in [-0.39, 0.29) is 37.3 Å². The molecule has 1 heterocycles. The minimum atomic E-state index is -0.473. The van der Waals surface area contributed by atoms with E-state index in [1.54, 1.807) is 48.4 Å². The van der Waals surface area contributed by atoms with Crippen molar-refractivity contribution in [3.8, 4) is 5.75 Å². The molecule has 166 valence electrons. The van der Waals surface area contributed by atoms with E-state index in [0.29, 0.717) is 28.4 Å². The molecule has 1 fully saturated rings. The van der Waals surface area contributed by atoms with Crippen molar-refractivity contribution in [3.63, 3.8) is 0 Å². The molecule has 0 radical (unpaired) electrons. The summed E-state index contributed by atoms with van der Waals surface area (Å²) in [6.07, 6.45) is 2.30. The molecular weight excluding hydrogens is 421 g/mol. The summed E-state index contributed by atoms with van der Waals surface area (Å²) in [4.78, 5) is 28.2. The lowest BCUT2D eigenvalue weighted by Crippen LogP contribution is -2.44. The van der Waals surface area contributed by atoms with Crippen LogP contribution in [-0.4, -0.2) is 49.5 Å². The highest BCUT2D eigenvalue weighted by atomic mass is 35.5. The van der Waals surface area contributed by atoms with Crippen molar-refractivity contribution >= 4 is 29.1 Å². The van der Waals surface area contributed by atoms with Gasteiger partial charge in [-0.05, 0) is 62.2 Å². The van der Waals surface area contributed by atoms with Crippen LogP contribution >= 0.6 is 11.6 Å². The van der Waals surface area contributed by atoms with E-state index in [1.807, 2.05) is 0 Å². The first kappa shape index (κ1) is 23.0. The van der Waals surface area contributed by atoms with Gasteiger partial charge >= 0.3 is 0 Å². The van der Waals surface area contributed by atoms with Crippen molar-refractivity contribution in [2.75, 3.05) is 31.6 Å². The second-order valence-corrected chi connectivity index (χ2v) is 8.04. The Bertz CT molecular complexity index is 903. The highest BCUT2D eigenvalue weighted by molar-refractivity contribution is 6.31. The number of hydrogen-bond donors (Lipinski definition) is 1. The summed E-state index contributed by atoms with van der Waals surface area (Å²) < 4.78 is 19.4. The summed E-state index contributed by atoms with van der Waals surface area (Å²) in [6, 6.07) is 11.8. The van der Waals surface area contributed by atoms with Crippen LogP contribution in [0.15, 0.2) is 42.5 Å². The number of primary amides is 1. The smallest absolute Gasteiger partial charge is 0.241 e. The SMILES string of the molecule is COc1ccc(N(CCC(N)=O)C(=O)CN2CCCC2Cc2c(F)cccc2Cl)cc1. The van der Waals surface area contributed by atoms with Gasteiger partial charge in [0.1, 0.15) is 11.6 Å². The molecule has 2 N–H and O–H groups in total. The van der Waals surface area contributed by atoms with Crippen molar-refractivity contribution in [3.05, 3.63) is 58.9 Å². The van der Waals surface area contributed by atoms with Gasteiger partial charge in [-0.3, -0.25) is 14.5 Å². The van der Waals surface area contributed by atoms with Crippen LogP contribution in [0.4, 0.5) is 10.1 Å². The molecule has 6 nitrogen and oxygen atoms in total. The minimum absolute atomic E-state index is 0.0206. The Morgan fingerprint density at radius 2 is 2.00 bits per heavy atom. The Kier molecular flexibility index (Phi) is 7.87. The maximum Gasteiger partial charge on any atom is 0.241 e. The van der Waals surface area contributed by atoms with Crippen LogP contribution in [0.2, 0.25) is 5.02 Å². The van der Waals surface area contributed by atoms with Crippen molar-refractivity contribution in [1.29, 1.82) is 0 Å². The summed E-state index contributed by atoms with van der Waals surface area (Å²) in [5.74, 6) is -0.267. The summed E-state index contributed by atoms with van der Waals surface area (Å²) in [5, 5.41) is 0.402. The zero-order valence-electron chi connectivity index (χ0n) is 17.5. The minimum Gasteiger partial charge on any atom is -0.497 e. The second-order valence-electron chi connectivity index (χ2n) is 7.63. The normalized spacial score (nSPS) is 16.3. The van der Waals surface area contributed by atoms with E-state index < -0.39 is 5.91 Å². The van der Waals surface area contributed by atoms with Gasteiger partial charge in [0.2, 0.25) is 11.8 Å². The van der Waals surface area contributed by atoms with Gasteiger partial charge < -0.3 is 15.4 Å². The van der Waals surface area contributed by atoms with E-state index in [0.717, 1.165) is 19.4 Å². The van der Waals surface area contributed by atoms with Crippen LogP contribution in [-0.2, 0) is 16.0 Å². The maximum atomic E-state index is 14.2. The Balaban J connectivity index is 1.73. The molecular formula is C23H27ClFN3O3. The van der Waals surface area contributed by atoms with Gasteiger partial charge in [-0.1, -0.05) is 17.7 Å². The quantitative estimate of drug-likeness (QED) is 0.639. The standard InChI is InChI=1S/C23H27ClFN3O3/c1-31-18-9-7-16(8-10-18)28(13-11-22(26)29)23(30)15-27-12-3-4-17(27)14-19-20(24)5-2-6-21(19)25/h2,5-10,17H,3-4,11-15H2,1H3,(H2,26,29). The van der Waals surface area contributed by atoms with Crippen molar-refractivity contribution in [2.24, 2.45) is 5.73 Å². The third-order valence-electron chi connectivity index (χ3n) is 5.61. The molecule has 2 aromatic rings. The number of ether oxygens (including phenoxy) is 1. The number of nitrogens with zero attached hydrogens (tertiary/aromatic N) is 2. The predicted molar refractivity (Wildman–Crippen MR) is 119 cm³/mol. The number of benzene rings is 2. The third kappa shape index (κ3) is 5.95. The maximum absolute atomic E-state index is 14.2. The number of halogens is 2. The van der Waals surface area contributed by atoms with Gasteiger partial charge in [-0.25, -0.2) is 4.39 Å². The van der Waals surface area contributed by atoms with Crippen LogP contribution in [0.1, 0.15) is 24.8 Å². The van der Waals surface area contributed by atoms with Gasteiger partial charge in [0.15, 0.2) is 0 Å². The summed E-state index contributed by atoms with van der Waals surface area (Å²) in [7, 11) is 1.57. The average Bonchev–Trinajstić information content (AvgIpc) is 3.17. The molecule has 0 aromatic heterocycles. The molecule has 1 aliphatic rings. The van der Waals surface area contributed by atoms with E-state index in [1.165, 1.54) is 6.07 Å². The zero-order chi connectivity index (χ0) is 22.4. The van der Waals surface area contributed by atoms with Crippen LogP contribution in [0.5, 0.6) is 5.75 Å². The molecule has 0 saturated carbocycles. The lowest BCUT2D eigenvalue weighted by atomic mass is 10.0. The molecule has 2 aromatic carbocycles. The Morgan fingerprint density at radius 1 is 1.26 bits per heavy atom. The molecule has 2 amide bonds. The van der Waals surface area contributed by atoms with Crippen molar-refractivity contribution in [2.45, 2.75) is 31.7 Å². The van der Waals surface area contributed by atoms with Gasteiger partial charge in [0.05, 0.1) is 13.7 Å². The monoisotopic (exact) mass is 447 g/mol. The van der Waals surface area contributed by atoms with Gasteiger partial charge in [0, 0.05) is 35.3 Å². The van der Waals surface area contributed by atoms with Crippen LogP contribution in [0, 0.1) is 5.82 Å². The van der Waals surface area contributed by atoms with Gasteiger partial charge in [-0.15, -0.1) is 0 Å². The number of anilines is 1. The highest BCUT2D eigenvalue weighted by Gasteiger charge is 2.29. The summed E-state index contributed by atoms with van der Waals surface area (Å²) >= 11 is 6.20. The lowest BCUT2D eigenvalue weighted by Gasteiger charge is -2.29. The number of rotatable bonds is 9. The van der Waals surface area contributed by atoms with E-state index in [9.17, 15) is 14.0 Å². The number of amides is 2. The average molecular weight is 448 g/mol. The Labute approximate surface area is 186 Å². The largest absolute Gasteiger partial charge is 0.497 e. The van der Waals surface area contributed by atoms with E-state index in [2.05, 4.69) is 4.90 Å². The molecule has 1 saturated heterocycles. The second kappa shape index (κ2) is 10.6. The van der Waals surface area contributed by atoms with E-state index in [4.69, 9.17) is 22.1 Å². The predicted octanol–water partition coefficient (Wildman–Crippen LogP) is 3.40. The molecule has 1 atom stereocenters. The van der Waals surface area contributed by atoms with Crippen LogP contribution < -0.4 is 15.4 Å². The number of nitrogens with two attached hydrogens (primary N) is 1. The van der Waals surface area contributed by atoms with Gasteiger partial charge in [0.25, 0.3) is 0 Å².